The van der Waals surface area contributed by atoms with Crippen LogP contribution in [0.2, 0.25) is 0 Å². The van der Waals surface area contributed by atoms with Crippen molar-refractivity contribution in [1.29, 1.82) is 0 Å². The molecule has 3 heterocycles. The van der Waals surface area contributed by atoms with Gasteiger partial charge in [0.2, 0.25) is 11.8 Å². The number of aromatic nitrogens is 1. The van der Waals surface area contributed by atoms with Crippen LogP contribution in [0.5, 0.6) is 0 Å². The van der Waals surface area contributed by atoms with Gasteiger partial charge in [0.15, 0.2) is 5.13 Å². The van der Waals surface area contributed by atoms with Crippen molar-refractivity contribution in [2.24, 2.45) is 5.92 Å². The summed E-state index contributed by atoms with van der Waals surface area (Å²) in [6.45, 7) is 6.46. The van der Waals surface area contributed by atoms with Gasteiger partial charge in [0, 0.05) is 50.5 Å². The van der Waals surface area contributed by atoms with E-state index in [0.29, 0.717) is 6.54 Å². The number of amides is 2. The first-order chi connectivity index (χ1) is 15.5. The second-order valence-electron chi connectivity index (χ2n) is 8.70. The maximum Gasteiger partial charge on any atom is 0.229 e. The summed E-state index contributed by atoms with van der Waals surface area (Å²) in [7, 11) is 2.14. The molecule has 1 atom stereocenters. The van der Waals surface area contributed by atoms with Crippen molar-refractivity contribution in [2.45, 2.75) is 13.3 Å². The van der Waals surface area contributed by atoms with E-state index in [1.165, 1.54) is 0 Å². The molecule has 0 bridgehead atoms. The average molecular weight is 450 g/mol. The normalized spacial score (nSPS) is 19.7. The zero-order valence-electron chi connectivity index (χ0n) is 18.4. The van der Waals surface area contributed by atoms with Crippen LogP contribution >= 0.6 is 11.3 Å². The lowest BCUT2D eigenvalue weighted by atomic mass is 10.1. The Bertz CT molecular complexity index is 1150. The molecular weight excluding hydrogens is 422 g/mol. The minimum atomic E-state index is -0.359. The number of piperazine rings is 1. The molecule has 0 aliphatic carbocycles. The predicted molar refractivity (Wildman–Crippen MR) is 130 cm³/mol. The summed E-state index contributed by atoms with van der Waals surface area (Å²) in [5.41, 5.74) is 3.68. The Balaban J connectivity index is 1.26. The van der Waals surface area contributed by atoms with E-state index in [-0.39, 0.29) is 24.2 Å². The van der Waals surface area contributed by atoms with Crippen LogP contribution in [0.1, 0.15) is 12.0 Å². The second kappa shape index (κ2) is 8.52. The Morgan fingerprint density at radius 2 is 1.84 bits per heavy atom. The summed E-state index contributed by atoms with van der Waals surface area (Å²) >= 11 is 1.66. The van der Waals surface area contributed by atoms with E-state index in [4.69, 9.17) is 4.98 Å². The number of anilines is 3. The zero-order chi connectivity index (χ0) is 22.2. The fourth-order valence-electron chi connectivity index (χ4n) is 4.22. The zero-order valence-corrected chi connectivity index (χ0v) is 19.2. The van der Waals surface area contributed by atoms with E-state index in [0.717, 1.165) is 58.5 Å². The molecule has 166 valence electrons. The summed E-state index contributed by atoms with van der Waals surface area (Å²) in [6.07, 6.45) is 0.232. The highest BCUT2D eigenvalue weighted by Crippen LogP contribution is 2.32. The van der Waals surface area contributed by atoms with Gasteiger partial charge in [-0.2, -0.15) is 0 Å². The van der Waals surface area contributed by atoms with Crippen molar-refractivity contribution in [2.75, 3.05) is 54.9 Å². The number of carbonyl (C=O) groups excluding carboxylic acids is 2. The topological polar surface area (TPSA) is 68.8 Å². The van der Waals surface area contributed by atoms with E-state index in [9.17, 15) is 9.59 Å². The molecular formula is C24H27N5O2S. The molecule has 5 rings (SSSR count). The number of benzene rings is 2. The van der Waals surface area contributed by atoms with Gasteiger partial charge in [0.25, 0.3) is 0 Å². The van der Waals surface area contributed by atoms with Gasteiger partial charge in [-0.1, -0.05) is 29.0 Å². The third kappa shape index (κ3) is 4.20. The molecule has 3 aromatic rings. The second-order valence-corrected chi connectivity index (χ2v) is 9.71. The number of carbonyl (C=O) groups is 2. The van der Waals surface area contributed by atoms with Crippen LogP contribution in [0.15, 0.2) is 42.5 Å². The minimum absolute atomic E-state index is 0.0104. The van der Waals surface area contributed by atoms with E-state index in [1.807, 2.05) is 49.4 Å². The summed E-state index contributed by atoms with van der Waals surface area (Å²) in [5, 5.41) is 4.05. The summed E-state index contributed by atoms with van der Waals surface area (Å²) in [5.74, 6) is -0.485. The predicted octanol–water partition coefficient (Wildman–Crippen LogP) is 3.35. The molecule has 0 saturated carbocycles. The monoisotopic (exact) mass is 449 g/mol. The first kappa shape index (κ1) is 20.9. The molecule has 0 spiro atoms. The Hall–Kier alpha value is -2.97. The number of aryl methyl sites for hydroxylation is 1. The van der Waals surface area contributed by atoms with Crippen molar-refractivity contribution < 1.29 is 9.59 Å². The fourth-order valence-corrected chi connectivity index (χ4v) is 5.28. The first-order valence-corrected chi connectivity index (χ1v) is 11.8. The van der Waals surface area contributed by atoms with E-state index in [2.05, 4.69) is 22.2 Å². The Morgan fingerprint density at radius 3 is 2.59 bits per heavy atom. The molecule has 0 radical (unpaired) electrons. The lowest BCUT2D eigenvalue weighted by Crippen LogP contribution is -2.44. The van der Waals surface area contributed by atoms with Crippen molar-refractivity contribution in [3.8, 4) is 0 Å². The van der Waals surface area contributed by atoms with Crippen LogP contribution in [0.4, 0.5) is 16.5 Å². The SMILES string of the molecule is Cc1ccc(N2CC(C(=O)Nc3ccc4nc(N5CCN(C)CC5)sc4c3)CC2=O)cc1. The standard InChI is InChI=1S/C24H27N5O2S/c1-16-3-6-19(7-4-16)29-15-17(13-22(29)30)23(31)25-18-5-8-20-21(14-18)32-24(26-20)28-11-9-27(2)10-12-28/h3-8,14,17H,9-13,15H2,1-2H3,(H,25,31). The van der Waals surface area contributed by atoms with Gasteiger partial charge in [0.1, 0.15) is 0 Å². The lowest BCUT2D eigenvalue weighted by Gasteiger charge is -2.31. The minimum Gasteiger partial charge on any atom is -0.345 e. The first-order valence-electron chi connectivity index (χ1n) is 11.0. The van der Waals surface area contributed by atoms with Gasteiger partial charge in [-0.25, -0.2) is 4.98 Å². The number of hydrogen-bond donors (Lipinski definition) is 1. The van der Waals surface area contributed by atoms with Crippen molar-refractivity contribution in [3.63, 3.8) is 0 Å². The molecule has 1 unspecified atom stereocenters. The van der Waals surface area contributed by atoms with Crippen LogP contribution in [-0.4, -0.2) is 61.5 Å². The summed E-state index contributed by atoms with van der Waals surface area (Å²) in [6, 6.07) is 13.7. The van der Waals surface area contributed by atoms with E-state index < -0.39 is 0 Å². The molecule has 1 aromatic heterocycles. The summed E-state index contributed by atoms with van der Waals surface area (Å²) < 4.78 is 1.06. The average Bonchev–Trinajstić information content (AvgIpc) is 3.38. The number of thiazole rings is 1. The number of hydrogen-bond acceptors (Lipinski definition) is 6. The molecule has 7 nitrogen and oxygen atoms in total. The molecule has 2 saturated heterocycles. The third-order valence-corrected chi connectivity index (χ3v) is 7.34. The van der Waals surface area contributed by atoms with Gasteiger partial charge in [-0.15, -0.1) is 0 Å². The number of nitrogens with one attached hydrogen (secondary N) is 1. The van der Waals surface area contributed by atoms with Crippen LogP contribution in [0, 0.1) is 12.8 Å². The van der Waals surface area contributed by atoms with Crippen molar-refractivity contribution >= 4 is 49.9 Å². The highest BCUT2D eigenvalue weighted by atomic mass is 32.1. The van der Waals surface area contributed by atoms with Crippen LogP contribution in [-0.2, 0) is 9.59 Å². The van der Waals surface area contributed by atoms with Gasteiger partial charge >= 0.3 is 0 Å². The van der Waals surface area contributed by atoms with E-state index in [1.54, 1.807) is 16.2 Å². The van der Waals surface area contributed by atoms with Crippen LogP contribution < -0.4 is 15.1 Å². The largest absolute Gasteiger partial charge is 0.345 e. The van der Waals surface area contributed by atoms with Gasteiger partial charge in [-0.3, -0.25) is 9.59 Å². The molecule has 2 amide bonds. The molecule has 2 fully saturated rings. The number of fused-ring (bicyclic) bond motifs is 1. The molecule has 8 heteroatoms. The molecule has 1 N–H and O–H groups in total. The molecule has 2 aliphatic rings. The van der Waals surface area contributed by atoms with Gasteiger partial charge in [0.05, 0.1) is 16.1 Å². The van der Waals surface area contributed by atoms with Gasteiger partial charge < -0.3 is 20.0 Å². The fraction of sp³-hybridized carbons (Fsp3) is 0.375. The lowest BCUT2D eigenvalue weighted by molar-refractivity contribution is -0.122. The Morgan fingerprint density at radius 1 is 1.09 bits per heavy atom. The number of nitrogens with zero attached hydrogens (tertiary/aromatic N) is 4. The maximum atomic E-state index is 12.9. The Kier molecular flexibility index (Phi) is 5.57. The highest BCUT2D eigenvalue weighted by Gasteiger charge is 2.35. The number of likely N-dealkylation sites (N-methyl/N-ethyl adjacent to an activating group) is 1. The Labute approximate surface area is 191 Å². The van der Waals surface area contributed by atoms with Crippen molar-refractivity contribution in [1.82, 2.24) is 9.88 Å². The van der Waals surface area contributed by atoms with Crippen LogP contribution in [0.25, 0.3) is 10.2 Å². The quantitative estimate of drug-likeness (QED) is 0.662. The highest BCUT2D eigenvalue weighted by molar-refractivity contribution is 7.22. The third-order valence-electron chi connectivity index (χ3n) is 6.26. The van der Waals surface area contributed by atoms with Gasteiger partial charge in [-0.05, 0) is 44.3 Å². The smallest absolute Gasteiger partial charge is 0.229 e. The van der Waals surface area contributed by atoms with E-state index >= 15 is 0 Å². The van der Waals surface area contributed by atoms with Crippen LogP contribution in [0.3, 0.4) is 0 Å². The molecule has 32 heavy (non-hydrogen) atoms. The van der Waals surface area contributed by atoms with Crippen molar-refractivity contribution in [3.05, 3.63) is 48.0 Å². The number of rotatable bonds is 4. The maximum absolute atomic E-state index is 12.9. The summed E-state index contributed by atoms with van der Waals surface area (Å²) in [4.78, 5) is 36.5. The molecule has 2 aliphatic heterocycles. The molecule has 2 aromatic carbocycles.